The maximum absolute atomic E-state index is 12.5. The number of hydrogen-bond donors (Lipinski definition) is 1. The van der Waals surface area contributed by atoms with Gasteiger partial charge < -0.3 is 19.2 Å². The zero-order valence-corrected chi connectivity index (χ0v) is 17.3. The highest BCUT2D eigenvalue weighted by Crippen LogP contribution is 2.36. The Labute approximate surface area is 181 Å². The van der Waals surface area contributed by atoms with Crippen molar-refractivity contribution in [3.8, 4) is 28.6 Å². The molecule has 0 bridgehead atoms. The Bertz CT molecular complexity index is 1240. The molecule has 0 atom stereocenters. The summed E-state index contributed by atoms with van der Waals surface area (Å²) in [5.74, 6) is 2.17. The molecule has 1 aliphatic rings. The standard InChI is InChI=1S/C21H17N5O4S/c1-13-9-18(26(25-13)15-5-3-2-4-6-15)22-19(27)11-31-21-24-23-20(30-21)14-7-8-16-17(10-14)29-12-28-16/h2-10H,11-12H2,1H3,(H,22,27). The molecule has 3 heterocycles. The van der Waals surface area contributed by atoms with E-state index in [1.165, 1.54) is 0 Å². The quantitative estimate of drug-likeness (QED) is 0.457. The molecule has 1 aliphatic heterocycles. The van der Waals surface area contributed by atoms with Crippen LogP contribution in [0, 0.1) is 6.92 Å². The number of carbonyl (C=O) groups is 1. The van der Waals surface area contributed by atoms with E-state index >= 15 is 0 Å². The summed E-state index contributed by atoms with van der Waals surface area (Å²) in [6.45, 7) is 2.07. The molecule has 1 amide bonds. The lowest BCUT2D eigenvalue weighted by molar-refractivity contribution is -0.113. The molecule has 2 aromatic carbocycles. The van der Waals surface area contributed by atoms with Crippen LogP contribution in [-0.2, 0) is 4.79 Å². The molecule has 0 fully saturated rings. The van der Waals surface area contributed by atoms with Crippen LogP contribution in [0.2, 0.25) is 0 Å². The van der Waals surface area contributed by atoms with Crippen LogP contribution in [-0.4, -0.2) is 38.4 Å². The van der Waals surface area contributed by atoms with E-state index in [2.05, 4.69) is 20.6 Å². The van der Waals surface area contributed by atoms with Crippen LogP contribution >= 0.6 is 11.8 Å². The number of aryl methyl sites for hydroxylation is 1. The minimum atomic E-state index is -0.204. The van der Waals surface area contributed by atoms with Crippen molar-refractivity contribution in [1.82, 2.24) is 20.0 Å². The summed E-state index contributed by atoms with van der Waals surface area (Å²) in [5, 5.41) is 15.7. The van der Waals surface area contributed by atoms with Gasteiger partial charge >= 0.3 is 0 Å². The van der Waals surface area contributed by atoms with Gasteiger partial charge in [-0.25, -0.2) is 4.68 Å². The SMILES string of the molecule is Cc1cc(NC(=O)CSc2nnc(-c3ccc4c(c3)OCO4)o2)n(-c2ccccc2)n1. The fraction of sp³-hybridized carbons (Fsp3) is 0.143. The first kappa shape index (κ1) is 19.2. The fourth-order valence-electron chi connectivity index (χ4n) is 3.08. The number of ether oxygens (including phenoxy) is 2. The summed E-state index contributed by atoms with van der Waals surface area (Å²) >= 11 is 1.16. The molecule has 0 saturated heterocycles. The lowest BCUT2D eigenvalue weighted by Gasteiger charge is -2.08. The van der Waals surface area contributed by atoms with Gasteiger partial charge in [0.2, 0.25) is 18.6 Å². The Hall–Kier alpha value is -3.79. The Kier molecular flexibility index (Phi) is 5.04. The van der Waals surface area contributed by atoms with Crippen molar-refractivity contribution >= 4 is 23.5 Å². The van der Waals surface area contributed by atoms with Gasteiger partial charge in [0.05, 0.1) is 17.1 Å². The number of aromatic nitrogens is 4. The number of hydrogen-bond acceptors (Lipinski definition) is 8. The van der Waals surface area contributed by atoms with Gasteiger partial charge in [0.1, 0.15) is 5.82 Å². The average molecular weight is 435 g/mol. The van der Waals surface area contributed by atoms with Gasteiger partial charge in [-0.3, -0.25) is 4.79 Å². The summed E-state index contributed by atoms with van der Waals surface area (Å²) in [5.41, 5.74) is 2.39. The Balaban J connectivity index is 1.23. The first-order chi connectivity index (χ1) is 15.2. The Morgan fingerprint density at radius 2 is 1.94 bits per heavy atom. The fourth-order valence-corrected chi connectivity index (χ4v) is 3.64. The molecule has 0 spiro atoms. The van der Waals surface area contributed by atoms with Crippen molar-refractivity contribution in [2.45, 2.75) is 12.1 Å². The second kappa shape index (κ2) is 8.15. The number of thioether (sulfide) groups is 1. The topological polar surface area (TPSA) is 104 Å². The van der Waals surface area contributed by atoms with E-state index in [1.807, 2.05) is 49.4 Å². The van der Waals surface area contributed by atoms with Crippen molar-refractivity contribution in [2.75, 3.05) is 17.9 Å². The second-order valence-corrected chi connectivity index (χ2v) is 7.62. The van der Waals surface area contributed by atoms with Crippen LogP contribution < -0.4 is 14.8 Å². The molecule has 9 nitrogen and oxygen atoms in total. The Morgan fingerprint density at radius 1 is 1.10 bits per heavy atom. The van der Waals surface area contributed by atoms with E-state index in [-0.39, 0.29) is 18.5 Å². The lowest BCUT2D eigenvalue weighted by atomic mass is 10.2. The zero-order valence-electron chi connectivity index (χ0n) is 16.4. The average Bonchev–Trinajstić information content (AvgIpc) is 3.52. The molecule has 156 valence electrons. The van der Waals surface area contributed by atoms with E-state index in [4.69, 9.17) is 13.9 Å². The maximum Gasteiger partial charge on any atom is 0.277 e. The zero-order chi connectivity index (χ0) is 21.2. The maximum atomic E-state index is 12.5. The van der Waals surface area contributed by atoms with Gasteiger partial charge in [-0.05, 0) is 37.3 Å². The predicted molar refractivity (Wildman–Crippen MR) is 114 cm³/mol. The minimum absolute atomic E-state index is 0.113. The number of carbonyl (C=O) groups excluding carboxylic acids is 1. The molecule has 0 radical (unpaired) electrons. The number of nitrogens with zero attached hydrogens (tertiary/aromatic N) is 4. The number of para-hydroxylation sites is 1. The van der Waals surface area contributed by atoms with E-state index in [0.717, 1.165) is 28.7 Å². The largest absolute Gasteiger partial charge is 0.454 e. The third-order valence-electron chi connectivity index (χ3n) is 4.45. The van der Waals surface area contributed by atoms with Crippen molar-refractivity contribution in [3.05, 3.63) is 60.3 Å². The molecule has 5 rings (SSSR count). The third kappa shape index (κ3) is 4.10. The van der Waals surface area contributed by atoms with E-state index in [0.29, 0.717) is 28.4 Å². The third-order valence-corrected chi connectivity index (χ3v) is 5.27. The van der Waals surface area contributed by atoms with Crippen LogP contribution in [0.5, 0.6) is 11.5 Å². The number of benzene rings is 2. The van der Waals surface area contributed by atoms with Crippen molar-refractivity contribution < 1.29 is 18.7 Å². The summed E-state index contributed by atoms with van der Waals surface area (Å²) < 4.78 is 18.0. The number of anilines is 1. The monoisotopic (exact) mass is 435 g/mol. The van der Waals surface area contributed by atoms with Gasteiger partial charge in [-0.1, -0.05) is 30.0 Å². The van der Waals surface area contributed by atoms with E-state index in [9.17, 15) is 4.79 Å². The molecule has 10 heteroatoms. The summed E-state index contributed by atoms with van der Waals surface area (Å²) in [6, 6.07) is 16.8. The summed E-state index contributed by atoms with van der Waals surface area (Å²) in [7, 11) is 0. The van der Waals surface area contributed by atoms with Gasteiger partial charge in [-0.15, -0.1) is 10.2 Å². The number of rotatable bonds is 6. The number of nitrogens with one attached hydrogen (secondary N) is 1. The molecular weight excluding hydrogens is 418 g/mol. The predicted octanol–water partition coefficient (Wildman–Crippen LogP) is 3.69. The van der Waals surface area contributed by atoms with E-state index in [1.54, 1.807) is 16.8 Å². The van der Waals surface area contributed by atoms with Crippen LogP contribution in [0.15, 0.2) is 64.2 Å². The summed E-state index contributed by atoms with van der Waals surface area (Å²) in [6.07, 6.45) is 0. The Morgan fingerprint density at radius 3 is 2.81 bits per heavy atom. The van der Waals surface area contributed by atoms with Crippen molar-refractivity contribution in [3.63, 3.8) is 0 Å². The van der Waals surface area contributed by atoms with Gasteiger partial charge in [-0.2, -0.15) is 5.10 Å². The van der Waals surface area contributed by atoms with E-state index < -0.39 is 0 Å². The normalized spacial score (nSPS) is 12.2. The number of fused-ring (bicyclic) bond motifs is 1. The van der Waals surface area contributed by atoms with Crippen LogP contribution in [0.25, 0.3) is 17.1 Å². The molecule has 2 aromatic heterocycles. The van der Waals surface area contributed by atoms with Crippen molar-refractivity contribution in [1.29, 1.82) is 0 Å². The molecule has 1 N–H and O–H groups in total. The molecule has 4 aromatic rings. The summed E-state index contributed by atoms with van der Waals surface area (Å²) in [4.78, 5) is 12.5. The van der Waals surface area contributed by atoms with Crippen LogP contribution in [0.4, 0.5) is 5.82 Å². The molecular formula is C21H17N5O4S. The van der Waals surface area contributed by atoms with Gasteiger partial charge in [0.25, 0.3) is 5.22 Å². The van der Waals surface area contributed by atoms with Gasteiger partial charge in [0.15, 0.2) is 11.5 Å². The molecule has 0 aliphatic carbocycles. The molecule has 31 heavy (non-hydrogen) atoms. The minimum Gasteiger partial charge on any atom is -0.454 e. The first-order valence-electron chi connectivity index (χ1n) is 9.44. The molecule has 0 saturated carbocycles. The highest BCUT2D eigenvalue weighted by atomic mass is 32.2. The van der Waals surface area contributed by atoms with Gasteiger partial charge in [0, 0.05) is 11.6 Å². The lowest BCUT2D eigenvalue weighted by Crippen LogP contribution is -2.16. The van der Waals surface area contributed by atoms with Crippen LogP contribution in [0.3, 0.4) is 0 Å². The second-order valence-electron chi connectivity index (χ2n) is 6.70. The molecule has 0 unspecified atom stereocenters. The number of amides is 1. The highest BCUT2D eigenvalue weighted by Gasteiger charge is 2.18. The van der Waals surface area contributed by atoms with Crippen LogP contribution in [0.1, 0.15) is 5.69 Å². The van der Waals surface area contributed by atoms with Crippen molar-refractivity contribution in [2.24, 2.45) is 0 Å². The smallest absolute Gasteiger partial charge is 0.277 e. The first-order valence-corrected chi connectivity index (χ1v) is 10.4. The highest BCUT2D eigenvalue weighted by molar-refractivity contribution is 7.99.